The van der Waals surface area contributed by atoms with Crippen molar-refractivity contribution in [3.63, 3.8) is 0 Å². The SMILES string of the molecule is O=C(/C=C/c1cc([N+](=O)[O-])ccc1O)c1ccc(NC[C@@H]2CCCN3CCCC[C@H]23)cc1. The van der Waals surface area contributed by atoms with Gasteiger partial charge in [-0.1, -0.05) is 6.42 Å². The summed E-state index contributed by atoms with van der Waals surface area (Å²) in [7, 11) is 0. The fourth-order valence-corrected chi connectivity index (χ4v) is 4.87. The van der Waals surface area contributed by atoms with E-state index in [2.05, 4.69) is 10.2 Å². The molecule has 7 heteroatoms. The third-order valence-corrected chi connectivity index (χ3v) is 6.60. The number of fused-ring (bicyclic) bond motifs is 1. The van der Waals surface area contributed by atoms with Crippen LogP contribution in [0.3, 0.4) is 0 Å². The highest BCUT2D eigenvalue weighted by Gasteiger charge is 2.32. The van der Waals surface area contributed by atoms with Crippen molar-refractivity contribution in [1.82, 2.24) is 4.90 Å². The summed E-state index contributed by atoms with van der Waals surface area (Å²) in [6.07, 6.45) is 9.20. The summed E-state index contributed by atoms with van der Waals surface area (Å²) in [6.45, 7) is 3.42. The topological polar surface area (TPSA) is 95.7 Å². The van der Waals surface area contributed by atoms with Crippen LogP contribution in [0.5, 0.6) is 5.75 Å². The third-order valence-electron chi connectivity index (χ3n) is 6.60. The molecule has 168 valence electrons. The van der Waals surface area contributed by atoms with E-state index >= 15 is 0 Å². The van der Waals surface area contributed by atoms with Crippen LogP contribution in [-0.2, 0) is 0 Å². The van der Waals surface area contributed by atoms with E-state index in [1.807, 2.05) is 12.1 Å². The molecule has 0 aromatic heterocycles. The predicted molar refractivity (Wildman–Crippen MR) is 125 cm³/mol. The van der Waals surface area contributed by atoms with E-state index in [9.17, 15) is 20.0 Å². The fourth-order valence-electron chi connectivity index (χ4n) is 4.87. The smallest absolute Gasteiger partial charge is 0.270 e. The van der Waals surface area contributed by atoms with Crippen molar-refractivity contribution < 1.29 is 14.8 Å². The minimum atomic E-state index is -0.538. The number of benzene rings is 2. The van der Waals surface area contributed by atoms with Gasteiger partial charge in [0.2, 0.25) is 0 Å². The minimum absolute atomic E-state index is 0.113. The number of piperidine rings is 2. The number of nitrogens with zero attached hydrogens (tertiary/aromatic N) is 2. The lowest BCUT2D eigenvalue weighted by molar-refractivity contribution is -0.384. The average Bonchev–Trinajstić information content (AvgIpc) is 2.82. The summed E-state index contributed by atoms with van der Waals surface area (Å²) in [6, 6.07) is 11.8. The van der Waals surface area contributed by atoms with Crippen LogP contribution in [0.2, 0.25) is 0 Å². The van der Waals surface area contributed by atoms with Crippen LogP contribution in [0.15, 0.2) is 48.5 Å². The monoisotopic (exact) mass is 435 g/mol. The molecule has 0 aliphatic carbocycles. The molecule has 7 nitrogen and oxygen atoms in total. The third kappa shape index (κ3) is 5.16. The number of nitro benzene ring substituents is 1. The van der Waals surface area contributed by atoms with E-state index in [0.29, 0.717) is 17.5 Å². The van der Waals surface area contributed by atoms with E-state index in [1.165, 1.54) is 75.5 Å². The standard InChI is InChI=1S/C25H29N3O4/c29-24(12-8-19-16-22(28(31)32)11-13-25(19)30)18-6-9-21(10-7-18)26-17-20-4-3-15-27-14-2-1-5-23(20)27/h6-13,16,20,23,26,30H,1-5,14-15,17H2/b12-8+/t20-,23+/m0/s1. The first-order chi connectivity index (χ1) is 15.5. The number of anilines is 1. The molecular formula is C25H29N3O4. The molecule has 2 aromatic carbocycles. The van der Waals surface area contributed by atoms with Crippen LogP contribution in [0.1, 0.15) is 48.0 Å². The van der Waals surface area contributed by atoms with Gasteiger partial charge < -0.3 is 15.3 Å². The van der Waals surface area contributed by atoms with Crippen molar-refractivity contribution in [3.8, 4) is 5.75 Å². The molecule has 2 aliphatic rings. The highest BCUT2D eigenvalue weighted by Crippen LogP contribution is 2.31. The summed E-state index contributed by atoms with van der Waals surface area (Å²) in [5.74, 6) is 0.321. The van der Waals surface area contributed by atoms with Crippen molar-refractivity contribution in [1.29, 1.82) is 0 Å². The number of phenolic OH excluding ortho intramolecular Hbond substituents is 1. The summed E-state index contributed by atoms with van der Waals surface area (Å²) in [5.41, 5.74) is 1.61. The molecule has 0 saturated carbocycles. The van der Waals surface area contributed by atoms with Crippen molar-refractivity contribution in [2.45, 2.75) is 38.1 Å². The quantitative estimate of drug-likeness (QED) is 0.279. The Balaban J connectivity index is 1.35. The highest BCUT2D eigenvalue weighted by molar-refractivity contribution is 6.07. The van der Waals surface area contributed by atoms with Gasteiger partial charge in [0.15, 0.2) is 5.78 Å². The van der Waals surface area contributed by atoms with Crippen molar-refractivity contribution in [3.05, 3.63) is 69.8 Å². The largest absolute Gasteiger partial charge is 0.507 e. The van der Waals surface area contributed by atoms with Gasteiger partial charge in [0.1, 0.15) is 5.75 Å². The Morgan fingerprint density at radius 3 is 2.69 bits per heavy atom. The predicted octanol–water partition coefficient (Wildman–Crippen LogP) is 4.87. The lowest BCUT2D eigenvalue weighted by Gasteiger charge is -2.44. The first kappa shape index (κ1) is 22.0. The van der Waals surface area contributed by atoms with Gasteiger partial charge >= 0.3 is 0 Å². The fraction of sp³-hybridized carbons (Fsp3) is 0.400. The first-order valence-corrected chi connectivity index (χ1v) is 11.3. The number of hydrogen-bond acceptors (Lipinski definition) is 6. The second-order valence-corrected chi connectivity index (χ2v) is 8.66. The van der Waals surface area contributed by atoms with Crippen LogP contribution in [0.4, 0.5) is 11.4 Å². The van der Waals surface area contributed by atoms with Crippen LogP contribution >= 0.6 is 0 Å². The Hall–Kier alpha value is -3.19. The highest BCUT2D eigenvalue weighted by atomic mass is 16.6. The van der Waals surface area contributed by atoms with Gasteiger partial charge in [-0.2, -0.15) is 0 Å². The normalized spacial score (nSPS) is 21.2. The van der Waals surface area contributed by atoms with E-state index < -0.39 is 4.92 Å². The van der Waals surface area contributed by atoms with Crippen LogP contribution < -0.4 is 5.32 Å². The first-order valence-electron chi connectivity index (χ1n) is 11.3. The molecule has 0 amide bonds. The van der Waals surface area contributed by atoms with Crippen molar-refractivity contribution in [2.24, 2.45) is 5.92 Å². The molecule has 0 bridgehead atoms. The maximum absolute atomic E-state index is 12.5. The Morgan fingerprint density at radius 2 is 1.91 bits per heavy atom. The molecular weight excluding hydrogens is 406 g/mol. The summed E-state index contributed by atoms with van der Waals surface area (Å²) >= 11 is 0. The second-order valence-electron chi connectivity index (χ2n) is 8.66. The van der Waals surface area contributed by atoms with E-state index in [4.69, 9.17) is 0 Å². The Bertz CT molecular complexity index is 1000. The van der Waals surface area contributed by atoms with E-state index in [0.717, 1.165) is 12.2 Å². The number of non-ortho nitro benzene ring substituents is 1. The number of carbonyl (C=O) groups excluding carboxylic acids is 1. The van der Waals surface area contributed by atoms with Crippen molar-refractivity contribution >= 4 is 23.2 Å². The number of nitro groups is 1. The number of nitrogens with one attached hydrogen (secondary N) is 1. The molecule has 2 N–H and O–H groups in total. The van der Waals surface area contributed by atoms with Gasteiger partial charge in [-0.05, 0) is 87.2 Å². The molecule has 2 saturated heterocycles. The van der Waals surface area contributed by atoms with E-state index in [-0.39, 0.29) is 22.8 Å². The number of allylic oxidation sites excluding steroid dienone is 1. The molecule has 4 rings (SSSR count). The maximum Gasteiger partial charge on any atom is 0.270 e. The van der Waals surface area contributed by atoms with Gasteiger partial charge in [0.25, 0.3) is 5.69 Å². The van der Waals surface area contributed by atoms with Gasteiger partial charge in [0, 0.05) is 41.5 Å². The van der Waals surface area contributed by atoms with Gasteiger partial charge in [0.05, 0.1) is 4.92 Å². The number of ketones is 1. The number of phenols is 1. The number of aromatic hydroxyl groups is 1. The van der Waals surface area contributed by atoms with Gasteiger partial charge in [-0.25, -0.2) is 0 Å². The zero-order valence-corrected chi connectivity index (χ0v) is 18.1. The van der Waals surface area contributed by atoms with Crippen LogP contribution in [0.25, 0.3) is 6.08 Å². The molecule has 2 fully saturated rings. The summed E-state index contributed by atoms with van der Waals surface area (Å²) in [5, 5.41) is 24.3. The molecule has 2 aliphatic heterocycles. The van der Waals surface area contributed by atoms with Gasteiger partial charge in [-0.3, -0.25) is 14.9 Å². The summed E-state index contributed by atoms with van der Waals surface area (Å²) < 4.78 is 0. The van der Waals surface area contributed by atoms with Crippen LogP contribution in [0, 0.1) is 16.0 Å². The minimum Gasteiger partial charge on any atom is -0.507 e. The van der Waals surface area contributed by atoms with Crippen molar-refractivity contribution in [2.75, 3.05) is 25.0 Å². The number of rotatable bonds is 7. The van der Waals surface area contributed by atoms with Gasteiger partial charge in [-0.15, -0.1) is 0 Å². The van der Waals surface area contributed by atoms with E-state index in [1.54, 1.807) is 12.1 Å². The molecule has 2 atom stereocenters. The molecule has 0 spiro atoms. The Kier molecular flexibility index (Phi) is 6.85. The molecule has 0 radical (unpaired) electrons. The number of carbonyl (C=O) groups is 1. The molecule has 32 heavy (non-hydrogen) atoms. The summed E-state index contributed by atoms with van der Waals surface area (Å²) in [4.78, 5) is 25.5. The number of hydrogen-bond donors (Lipinski definition) is 2. The Labute approximate surface area is 187 Å². The maximum atomic E-state index is 12.5. The van der Waals surface area contributed by atoms with Crippen LogP contribution in [-0.4, -0.2) is 46.4 Å². The molecule has 2 heterocycles. The molecule has 2 aromatic rings. The zero-order valence-electron chi connectivity index (χ0n) is 18.1. The zero-order chi connectivity index (χ0) is 22.5. The molecule has 0 unspecified atom stereocenters. The Morgan fingerprint density at radius 1 is 1.12 bits per heavy atom. The lowest BCUT2D eigenvalue weighted by Crippen LogP contribution is -2.49. The average molecular weight is 436 g/mol. The second kappa shape index (κ2) is 9.96. The lowest BCUT2D eigenvalue weighted by atomic mass is 9.83.